The molecule has 1 N–H and O–H groups in total. The summed E-state index contributed by atoms with van der Waals surface area (Å²) in [4.78, 5) is 26.2. The van der Waals surface area contributed by atoms with Gasteiger partial charge >= 0.3 is 5.97 Å². The Morgan fingerprint density at radius 1 is 1.05 bits per heavy atom. The minimum absolute atomic E-state index is 0.117. The van der Waals surface area contributed by atoms with Crippen LogP contribution in [0.2, 0.25) is 0 Å². The van der Waals surface area contributed by atoms with Crippen molar-refractivity contribution in [3.8, 4) is 11.3 Å². The van der Waals surface area contributed by atoms with Gasteiger partial charge in [-0.15, -0.1) is 0 Å². The Kier molecular flexibility index (Phi) is 6.31. The summed E-state index contributed by atoms with van der Waals surface area (Å²) < 4.78 is 13.9. The van der Waals surface area contributed by atoms with E-state index in [-0.39, 0.29) is 11.5 Å². The highest BCUT2D eigenvalue weighted by molar-refractivity contribution is 5.96. The third kappa shape index (κ3) is 4.79. The molecule has 0 saturated carbocycles. The van der Waals surface area contributed by atoms with Crippen molar-refractivity contribution >= 4 is 33.5 Å². The molecule has 0 aliphatic heterocycles. The van der Waals surface area contributed by atoms with Gasteiger partial charge in [-0.1, -0.05) is 30.3 Å². The lowest BCUT2D eigenvalue weighted by Crippen LogP contribution is -2.24. The van der Waals surface area contributed by atoms with E-state index in [9.17, 15) is 9.59 Å². The first kappa shape index (κ1) is 25.3. The van der Waals surface area contributed by atoms with Crippen molar-refractivity contribution in [1.29, 1.82) is 0 Å². The maximum absolute atomic E-state index is 13.3. The molecular formula is C31H31N3O4. The van der Waals surface area contributed by atoms with Gasteiger partial charge in [0, 0.05) is 35.3 Å². The largest absolute Gasteiger partial charge is 0.456 e. The monoisotopic (exact) mass is 509 g/mol. The zero-order chi connectivity index (χ0) is 27.2. The SMILES string of the molecule is Cc1cc(C(C)Nc2ccccc2C(=O)OC(C)(C)C)c2oc(-c3cccc4c3cnn4C)cc(=O)c2c1. The first-order chi connectivity index (χ1) is 18.0. The number of nitrogens with one attached hydrogen (secondary N) is 1. The van der Waals surface area contributed by atoms with Crippen molar-refractivity contribution in [2.24, 2.45) is 7.05 Å². The highest BCUT2D eigenvalue weighted by atomic mass is 16.6. The summed E-state index contributed by atoms with van der Waals surface area (Å²) in [6.45, 7) is 9.46. The average Bonchev–Trinajstić information content (AvgIpc) is 3.24. The summed E-state index contributed by atoms with van der Waals surface area (Å²) in [5, 5.41) is 9.23. The second-order valence-electron chi connectivity index (χ2n) is 10.6. The van der Waals surface area contributed by atoms with E-state index in [0.29, 0.717) is 28.0 Å². The van der Waals surface area contributed by atoms with Gasteiger partial charge < -0.3 is 14.5 Å². The van der Waals surface area contributed by atoms with Gasteiger partial charge in [0.1, 0.15) is 16.9 Å². The van der Waals surface area contributed by atoms with Crippen LogP contribution in [0, 0.1) is 6.92 Å². The van der Waals surface area contributed by atoms with E-state index in [1.54, 1.807) is 23.0 Å². The van der Waals surface area contributed by atoms with E-state index in [1.807, 2.05) is 90.2 Å². The van der Waals surface area contributed by atoms with Crippen LogP contribution >= 0.6 is 0 Å². The molecule has 38 heavy (non-hydrogen) atoms. The summed E-state index contributed by atoms with van der Waals surface area (Å²) in [7, 11) is 1.88. The molecule has 5 rings (SSSR count). The number of hydrogen-bond acceptors (Lipinski definition) is 6. The first-order valence-electron chi connectivity index (χ1n) is 12.6. The molecule has 5 aromatic rings. The summed E-state index contributed by atoms with van der Waals surface area (Å²) >= 11 is 0. The molecule has 0 aliphatic carbocycles. The number of carbonyl (C=O) groups excluding carboxylic acids is 1. The Morgan fingerprint density at radius 2 is 1.82 bits per heavy atom. The number of aryl methyl sites for hydroxylation is 2. The predicted molar refractivity (Wildman–Crippen MR) is 151 cm³/mol. The topological polar surface area (TPSA) is 86.4 Å². The van der Waals surface area contributed by atoms with Gasteiger partial charge in [-0.05, 0) is 64.4 Å². The maximum Gasteiger partial charge on any atom is 0.340 e. The van der Waals surface area contributed by atoms with Crippen LogP contribution in [-0.4, -0.2) is 21.4 Å². The van der Waals surface area contributed by atoms with Crippen LogP contribution in [0.5, 0.6) is 0 Å². The molecule has 0 spiro atoms. The van der Waals surface area contributed by atoms with E-state index >= 15 is 0 Å². The molecular weight excluding hydrogens is 478 g/mol. The fourth-order valence-electron chi connectivity index (χ4n) is 4.71. The minimum atomic E-state index is -0.612. The Labute approximate surface area is 221 Å². The van der Waals surface area contributed by atoms with Gasteiger partial charge in [0.05, 0.1) is 28.7 Å². The lowest BCUT2D eigenvalue weighted by atomic mass is 9.99. The Bertz CT molecular complexity index is 1740. The van der Waals surface area contributed by atoms with Gasteiger partial charge in [0.2, 0.25) is 0 Å². The molecule has 194 valence electrons. The van der Waals surface area contributed by atoms with Crippen molar-refractivity contribution in [2.45, 2.75) is 46.3 Å². The molecule has 0 aliphatic rings. The van der Waals surface area contributed by atoms with E-state index in [2.05, 4.69) is 10.4 Å². The lowest BCUT2D eigenvalue weighted by molar-refractivity contribution is 0.00706. The van der Waals surface area contributed by atoms with Crippen LogP contribution in [-0.2, 0) is 11.8 Å². The second-order valence-corrected chi connectivity index (χ2v) is 10.6. The maximum atomic E-state index is 13.3. The van der Waals surface area contributed by atoms with E-state index < -0.39 is 11.6 Å². The molecule has 0 amide bonds. The highest BCUT2D eigenvalue weighted by Gasteiger charge is 2.22. The first-order valence-corrected chi connectivity index (χ1v) is 12.6. The molecule has 3 aromatic carbocycles. The number of benzene rings is 3. The predicted octanol–water partition coefficient (Wildman–Crippen LogP) is 6.78. The molecule has 0 radical (unpaired) electrons. The van der Waals surface area contributed by atoms with Gasteiger partial charge in [0.15, 0.2) is 5.43 Å². The molecule has 0 bridgehead atoms. The highest BCUT2D eigenvalue weighted by Crippen LogP contribution is 2.34. The summed E-state index contributed by atoms with van der Waals surface area (Å²) in [5.74, 6) is 0.0767. The van der Waals surface area contributed by atoms with E-state index in [1.165, 1.54) is 0 Å². The number of aromatic nitrogens is 2. The molecule has 2 heterocycles. The summed E-state index contributed by atoms with van der Waals surface area (Å²) in [6, 6.07) is 18.2. The number of nitrogens with zero attached hydrogens (tertiary/aromatic N) is 2. The Morgan fingerprint density at radius 3 is 2.58 bits per heavy atom. The fraction of sp³-hybridized carbons (Fsp3) is 0.258. The molecule has 1 unspecified atom stereocenters. The lowest BCUT2D eigenvalue weighted by Gasteiger charge is -2.23. The van der Waals surface area contributed by atoms with Gasteiger partial charge in [-0.2, -0.15) is 5.10 Å². The van der Waals surface area contributed by atoms with Crippen LogP contribution in [0.4, 0.5) is 5.69 Å². The minimum Gasteiger partial charge on any atom is -0.456 e. The zero-order valence-electron chi connectivity index (χ0n) is 22.5. The third-order valence-electron chi connectivity index (χ3n) is 6.44. The van der Waals surface area contributed by atoms with Crippen molar-refractivity contribution < 1.29 is 13.9 Å². The summed E-state index contributed by atoms with van der Waals surface area (Å²) in [6.07, 6.45) is 1.78. The number of fused-ring (bicyclic) bond motifs is 2. The molecule has 0 saturated heterocycles. The fourth-order valence-corrected chi connectivity index (χ4v) is 4.71. The smallest absolute Gasteiger partial charge is 0.340 e. The number of ether oxygens (including phenoxy) is 1. The Hall–Kier alpha value is -4.39. The van der Waals surface area contributed by atoms with Gasteiger partial charge in [-0.3, -0.25) is 9.48 Å². The second kappa shape index (κ2) is 9.49. The number of para-hydroxylation sites is 1. The standard InChI is InChI=1S/C31H31N3O4/c1-18-14-22(19(2)33-25-12-8-7-10-21(25)30(36)38-31(3,4)5)29-23(15-18)27(35)16-28(37-29)20-11-9-13-26-24(20)17-32-34(26)6/h7-17,19,33H,1-6H3. The van der Waals surface area contributed by atoms with Crippen molar-refractivity contribution in [3.63, 3.8) is 0 Å². The molecule has 2 aromatic heterocycles. The number of rotatable bonds is 5. The quantitative estimate of drug-likeness (QED) is 0.263. The number of hydrogen-bond donors (Lipinski definition) is 1. The zero-order valence-corrected chi connectivity index (χ0v) is 22.5. The molecule has 7 nitrogen and oxygen atoms in total. The summed E-state index contributed by atoms with van der Waals surface area (Å²) in [5.41, 5.74) is 4.37. The van der Waals surface area contributed by atoms with Crippen molar-refractivity contribution in [3.05, 3.63) is 93.8 Å². The van der Waals surface area contributed by atoms with Crippen LogP contribution in [0.3, 0.4) is 0 Å². The molecule has 0 fully saturated rings. The van der Waals surface area contributed by atoms with Crippen LogP contribution in [0.1, 0.15) is 55.2 Å². The van der Waals surface area contributed by atoms with E-state index in [4.69, 9.17) is 9.15 Å². The molecule has 1 atom stereocenters. The number of esters is 1. The average molecular weight is 510 g/mol. The van der Waals surface area contributed by atoms with Crippen LogP contribution < -0.4 is 10.7 Å². The Balaban J connectivity index is 1.60. The van der Waals surface area contributed by atoms with Crippen molar-refractivity contribution in [1.82, 2.24) is 9.78 Å². The molecule has 7 heteroatoms. The van der Waals surface area contributed by atoms with E-state index in [0.717, 1.165) is 27.6 Å². The number of carbonyl (C=O) groups is 1. The normalized spacial score (nSPS) is 12.6. The van der Waals surface area contributed by atoms with Crippen LogP contribution in [0.25, 0.3) is 33.2 Å². The van der Waals surface area contributed by atoms with Gasteiger partial charge in [0.25, 0.3) is 0 Å². The van der Waals surface area contributed by atoms with Crippen molar-refractivity contribution in [2.75, 3.05) is 5.32 Å². The van der Waals surface area contributed by atoms with Crippen LogP contribution in [0.15, 0.2) is 76.1 Å². The number of anilines is 1. The third-order valence-corrected chi connectivity index (χ3v) is 6.44. The van der Waals surface area contributed by atoms with Gasteiger partial charge in [-0.25, -0.2) is 4.79 Å².